The number of aromatic hydroxyl groups is 1. The monoisotopic (exact) mass is 219 g/mol. The first kappa shape index (κ1) is 9.47. The first-order chi connectivity index (χ1) is 7.86. The highest BCUT2D eigenvalue weighted by Gasteiger charge is 2.17. The van der Waals surface area contributed by atoms with Crippen LogP contribution in [0.4, 0.5) is 5.69 Å². The van der Waals surface area contributed by atoms with E-state index in [1.165, 1.54) is 6.39 Å². The molecule has 84 valence electrons. The van der Waals surface area contributed by atoms with Gasteiger partial charge in [-0.1, -0.05) is 0 Å². The molecule has 0 aliphatic carbocycles. The van der Waals surface area contributed by atoms with E-state index >= 15 is 0 Å². The minimum Gasteiger partial charge on any atom is -0.503 e. The van der Waals surface area contributed by atoms with Crippen molar-refractivity contribution in [1.29, 1.82) is 0 Å². The van der Waals surface area contributed by atoms with E-state index in [1.807, 2.05) is 12.1 Å². The molecule has 0 bridgehead atoms. The van der Waals surface area contributed by atoms with Gasteiger partial charge >= 0.3 is 0 Å². The molecule has 1 aliphatic rings. The number of rotatable bonds is 1. The molecule has 0 amide bonds. The number of phenolic OH excluding ortho intramolecular Hbond substituents is 1. The van der Waals surface area contributed by atoms with Crippen LogP contribution in [-0.2, 0) is 0 Å². The Labute approximate surface area is 92.7 Å². The fourth-order valence-corrected chi connectivity index (χ4v) is 2.06. The van der Waals surface area contributed by atoms with Gasteiger partial charge in [0.25, 0.3) is 0 Å². The van der Waals surface area contributed by atoms with Crippen molar-refractivity contribution in [2.75, 3.05) is 31.1 Å². The van der Waals surface area contributed by atoms with Gasteiger partial charge < -0.3 is 19.7 Å². The largest absolute Gasteiger partial charge is 0.503 e. The molecule has 2 N–H and O–H groups in total. The van der Waals surface area contributed by atoms with Crippen LogP contribution in [0.15, 0.2) is 22.9 Å². The summed E-state index contributed by atoms with van der Waals surface area (Å²) in [5, 5.41) is 13.4. The molecule has 3 rings (SSSR count). The zero-order chi connectivity index (χ0) is 11.0. The maximum Gasteiger partial charge on any atom is 0.198 e. The molecule has 0 unspecified atom stereocenters. The van der Waals surface area contributed by atoms with Gasteiger partial charge in [0.2, 0.25) is 0 Å². The number of oxazole rings is 1. The standard InChI is InChI=1S/C11H13N3O2/c15-10-9(14-5-3-12-4-6-14)2-1-8-11(10)16-7-13-8/h1-2,7,12,15H,3-6H2. The van der Waals surface area contributed by atoms with Gasteiger partial charge in [-0.2, -0.15) is 0 Å². The molecule has 0 atom stereocenters. The normalized spacial score (nSPS) is 16.9. The fraction of sp³-hybridized carbons (Fsp3) is 0.364. The predicted molar refractivity (Wildman–Crippen MR) is 60.8 cm³/mol. The molecular formula is C11H13N3O2. The van der Waals surface area contributed by atoms with E-state index < -0.39 is 0 Å². The number of fused-ring (bicyclic) bond motifs is 1. The van der Waals surface area contributed by atoms with E-state index in [-0.39, 0.29) is 5.75 Å². The minimum atomic E-state index is 0.192. The lowest BCUT2D eigenvalue weighted by Gasteiger charge is -2.29. The van der Waals surface area contributed by atoms with Crippen LogP contribution in [0.3, 0.4) is 0 Å². The van der Waals surface area contributed by atoms with Crippen molar-refractivity contribution < 1.29 is 9.52 Å². The summed E-state index contributed by atoms with van der Waals surface area (Å²) in [4.78, 5) is 6.15. The average molecular weight is 219 g/mol. The maximum absolute atomic E-state index is 10.1. The van der Waals surface area contributed by atoms with Crippen molar-refractivity contribution in [1.82, 2.24) is 10.3 Å². The number of aromatic nitrogens is 1. The van der Waals surface area contributed by atoms with Crippen molar-refractivity contribution >= 4 is 16.8 Å². The summed E-state index contributed by atoms with van der Waals surface area (Å²) < 4.78 is 5.18. The van der Waals surface area contributed by atoms with E-state index in [0.717, 1.165) is 31.9 Å². The Kier molecular flexibility index (Phi) is 2.18. The fourth-order valence-electron chi connectivity index (χ4n) is 2.06. The number of nitrogens with zero attached hydrogens (tertiary/aromatic N) is 2. The first-order valence-corrected chi connectivity index (χ1v) is 5.37. The maximum atomic E-state index is 10.1. The Morgan fingerprint density at radius 3 is 2.94 bits per heavy atom. The van der Waals surface area contributed by atoms with Gasteiger partial charge in [-0.3, -0.25) is 0 Å². The molecular weight excluding hydrogens is 206 g/mol. The molecule has 2 aromatic rings. The first-order valence-electron chi connectivity index (χ1n) is 5.37. The van der Waals surface area contributed by atoms with E-state index in [2.05, 4.69) is 15.2 Å². The van der Waals surface area contributed by atoms with Crippen molar-refractivity contribution in [3.8, 4) is 5.75 Å². The van der Waals surface area contributed by atoms with Crippen LogP contribution in [0.5, 0.6) is 5.75 Å². The number of nitrogens with one attached hydrogen (secondary N) is 1. The summed E-state index contributed by atoms with van der Waals surface area (Å²) in [7, 11) is 0. The molecule has 0 spiro atoms. The third-order valence-electron chi connectivity index (χ3n) is 2.91. The lowest BCUT2D eigenvalue weighted by molar-refractivity contribution is 0.460. The SMILES string of the molecule is Oc1c(N2CCNCC2)ccc2ncoc12. The van der Waals surface area contributed by atoms with Crippen molar-refractivity contribution in [3.63, 3.8) is 0 Å². The van der Waals surface area contributed by atoms with E-state index in [9.17, 15) is 5.11 Å². The van der Waals surface area contributed by atoms with Gasteiger partial charge in [0.05, 0.1) is 5.69 Å². The van der Waals surface area contributed by atoms with Crippen LogP contribution in [0.2, 0.25) is 0 Å². The van der Waals surface area contributed by atoms with Crippen LogP contribution in [0.25, 0.3) is 11.1 Å². The molecule has 1 aliphatic heterocycles. The Morgan fingerprint density at radius 2 is 2.12 bits per heavy atom. The van der Waals surface area contributed by atoms with Gasteiger partial charge in [-0.25, -0.2) is 4.98 Å². The highest BCUT2D eigenvalue weighted by Crippen LogP contribution is 2.34. The Hall–Kier alpha value is -1.75. The minimum absolute atomic E-state index is 0.192. The lowest BCUT2D eigenvalue weighted by atomic mass is 10.2. The molecule has 5 heteroatoms. The van der Waals surface area contributed by atoms with E-state index in [1.54, 1.807) is 0 Å². The number of benzene rings is 1. The molecule has 16 heavy (non-hydrogen) atoms. The van der Waals surface area contributed by atoms with Gasteiger partial charge in [-0.15, -0.1) is 0 Å². The van der Waals surface area contributed by atoms with E-state index in [0.29, 0.717) is 11.1 Å². The number of hydrogen-bond donors (Lipinski definition) is 2. The summed E-state index contributed by atoms with van der Waals surface area (Å²) >= 11 is 0. The Bertz CT molecular complexity index is 503. The van der Waals surface area contributed by atoms with Gasteiger partial charge in [0.15, 0.2) is 17.7 Å². The second-order valence-electron chi connectivity index (χ2n) is 3.87. The van der Waals surface area contributed by atoms with Gasteiger partial charge in [-0.05, 0) is 12.1 Å². The average Bonchev–Trinajstić information content (AvgIpc) is 2.80. The topological polar surface area (TPSA) is 61.5 Å². The summed E-state index contributed by atoms with van der Waals surface area (Å²) in [5.74, 6) is 0.192. The molecule has 2 heterocycles. The third kappa shape index (κ3) is 1.40. The number of phenols is 1. The Balaban J connectivity index is 2.05. The molecule has 5 nitrogen and oxygen atoms in total. The van der Waals surface area contributed by atoms with E-state index in [4.69, 9.17) is 4.42 Å². The lowest BCUT2D eigenvalue weighted by Crippen LogP contribution is -2.43. The summed E-state index contributed by atoms with van der Waals surface area (Å²) in [6.07, 6.45) is 1.35. The number of anilines is 1. The predicted octanol–water partition coefficient (Wildman–Crippen LogP) is 0.943. The molecule has 1 fully saturated rings. The van der Waals surface area contributed by atoms with Crippen molar-refractivity contribution in [3.05, 3.63) is 18.5 Å². The molecule has 1 aromatic carbocycles. The highest BCUT2D eigenvalue weighted by molar-refractivity contribution is 5.86. The van der Waals surface area contributed by atoms with Crippen molar-refractivity contribution in [2.24, 2.45) is 0 Å². The molecule has 0 radical (unpaired) electrons. The second-order valence-corrected chi connectivity index (χ2v) is 3.87. The summed E-state index contributed by atoms with van der Waals surface area (Å²) in [6, 6.07) is 3.77. The summed E-state index contributed by atoms with van der Waals surface area (Å²) in [6.45, 7) is 3.67. The summed E-state index contributed by atoms with van der Waals surface area (Å²) in [5.41, 5.74) is 1.98. The molecule has 0 saturated carbocycles. The smallest absolute Gasteiger partial charge is 0.198 e. The zero-order valence-electron chi connectivity index (χ0n) is 8.81. The van der Waals surface area contributed by atoms with Crippen LogP contribution < -0.4 is 10.2 Å². The van der Waals surface area contributed by atoms with Gasteiger partial charge in [0.1, 0.15) is 5.52 Å². The quantitative estimate of drug-likeness (QED) is 0.747. The zero-order valence-corrected chi connectivity index (χ0v) is 8.81. The Morgan fingerprint density at radius 1 is 1.31 bits per heavy atom. The van der Waals surface area contributed by atoms with Crippen molar-refractivity contribution in [2.45, 2.75) is 0 Å². The van der Waals surface area contributed by atoms with Crippen LogP contribution in [0.1, 0.15) is 0 Å². The second kappa shape index (κ2) is 3.68. The van der Waals surface area contributed by atoms with Crippen LogP contribution in [0, 0.1) is 0 Å². The van der Waals surface area contributed by atoms with Gasteiger partial charge in [0, 0.05) is 26.2 Å². The van der Waals surface area contributed by atoms with Crippen LogP contribution in [-0.4, -0.2) is 36.3 Å². The number of hydrogen-bond acceptors (Lipinski definition) is 5. The molecule has 1 aromatic heterocycles. The molecule has 1 saturated heterocycles. The van der Waals surface area contributed by atoms with Crippen LogP contribution >= 0.6 is 0 Å². The highest BCUT2D eigenvalue weighted by atomic mass is 16.4. The number of piperazine rings is 1. The third-order valence-corrected chi connectivity index (χ3v) is 2.91.